The number of anilines is 1. The fourth-order valence-corrected chi connectivity index (χ4v) is 2.88. The van der Waals surface area contributed by atoms with E-state index in [1.54, 1.807) is 49.6 Å². The molecule has 0 aromatic heterocycles. The second-order valence-corrected chi connectivity index (χ2v) is 7.04. The summed E-state index contributed by atoms with van der Waals surface area (Å²) in [6.45, 7) is -0.614. The van der Waals surface area contributed by atoms with Gasteiger partial charge in [0.1, 0.15) is 11.5 Å². The number of Topliss-reactive ketones (excluding diaryl/α,β-unsaturated/α-hetero) is 1. The van der Waals surface area contributed by atoms with E-state index in [0.717, 1.165) is 0 Å². The molecule has 3 aromatic rings. The fourth-order valence-electron chi connectivity index (χ4n) is 2.69. The summed E-state index contributed by atoms with van der Waals surface area (Å²) in [6.07, 6.45) is 0. The molecule has 0 unspecified atom stereocenters. The van der Waals surface area contributed by atoms with Gasteiger partial charge in [-0.2, -0.15) is 0 Å². The van der Waals surface area contributed by atoms with Crippen molar-refractivity contribution < 1.29 is 28.6 Å². The van der Waals surface area contributed by atoms with Crippen molar-refractivity contribution in [2.24, 2.45) is 0 Å². The Balaban J connectivity index is 1.47. The predicted molar refractivity (Wildman–Crippen MR) is 120 cm³/mol. The molecule has 0 radical (unpaired) electrons. The van der Waals surface area contributed by atoms with Gasteiger partial charge in [-0.25, -0.2) is 4.79 Å². The molecule has 0 bridgehead atoms. The number of halogens is 1. The molecule has 0 aliphatic rings. The number of ether oxygens (including phenoxy) is 3. The number of nitrogens with one attached hydrogen (secondary N) is 1. The van der Waals surface area contributed by atoms with E-state index in [1.807, 2.05) is 0 Å². The molecule has 0 atom stereocenters. The Morgan fingerprint density at radius 2 is 1.59 bits per heavy atom. The predicted octanol–water partition coefficient (Wildman–Crippen LogP) is 4.41. The maximum atomic E-state index is 12.2. The summed E-state index contributed by atoms with van der Waals surface area (Å²) in [5.74, 6) is -0.329. The highest BCUT2D eigenvalue weighted by Gasteiger charge is 2.13. The molecule has 164 valence electrons. The topological polar surface area (TPSA) is 90.9 Å². The van der Waals surface area contributed by atoms with Crippen LogP contribution in [0, 0.1) is 0 Å². The Morgan fingerprint density at radius 1 is 0.844 bits per heavy atom. The number of carbonyl (C=O) groups excluding carboxylic acids is 3. The minimum atomic E-state index is -0.650. The number of rotatable bonds is 9. The largest absolute Gasteiger partial charge is 0.497 e. The molecule has 32 heavy (non-hydrogen) atoms. The number of esters is 1. The van der Waals surface area contributed by atoms with E-state index in [4.69, 9.17) is 25.8 Å². The lowest BCUT2D eigenvalue weighted by Gasteiger charge is -2.09. The van der Waals surface area contributed by atoms with Crippen LogP contribution in [0.4, 0.5) is 5.69 Å². The van der Waals surface area contributed by atoms with Crippen LogP contribution >= 0.6 is 11.6 Å². The zero-order valence-corrected chi connectivity index (χ0v) is 17.9. The SMILES string of the molecule is COc1cccc(NC(=O)COc2ccc(C(=O)OCC(=O)c3cccc(Cl)c3)cc2)c1. The number of methoxy groups -OCH3 is 1. The van der Waals surface area contributed by atoms with E-state index in [0.29, 0.717) is 27.8 Å². The number of hydrogen-bond acceptors (Lipinski definition) is 6. The van der Waals surface area contributed by atoms with E-state index >= 15 is 0 Å². The molecule has 3 rings (SSSR count). The Hall–Kier alpha value is -3.84. The first kappa shape index (κ1) is 22.8. The molecule has 3 aromatic carbocycles. The Morgan fingerprint density at radius 3 is 2.31 bits per heavy atom. The monoisotopic (exact) mass is 453 g/mol. The first-order valence-corrected chi connectivity index (χ1v) is 9.95. The first-order valence-electron chi connectivity index (χ1n) is 9.57. The summed E-state index contributed by atoms with van der Waals surface area (Å²) in [5.41, 5.74) is 1.20. The van der Waals surface area contributed by atoms with Gasteiger partial charge in [0.05, 0.1) is 12.7 Å². The molecule has 7 nitrogen and oxygen atoms in total. The van der Waals surface area contributed by atoms with Gasteiger partial charge in [-0.3, -0.25) is 9.59 Å². The third kappa shape index (κ3) is 6.58. The third-order valence-corrected chi connectivity index (χ3v) is 4.53. The van der Waals surface area contributed by atoms with Crippen molar-refractivity contribution in [2.45, 2.75) is 0 Å². The van der Waals surface area contributed by atoms with Crippen molar-refractivity contribution in [1.29, 1.82) is 0 Å². The Bertz CT molecular complexity index is 1110. The molecule has 8 heteroatoms. The Kier molecular flexibility index (Phi) is 7.83. The lowest BCUT2D eigenvalue weighted by molar-refractivity contribution is -0.118. The maximum absolute atomic E-state index is 12.2. The quantitative estimate of drug-likeness (QED) is 0.381. The minimum absolute atomic E-state index is 0.213. The van der Waals surface area contributed by atoms with Gasteiger partial charge in [0.15, 0.2) is 19.0 Å². The number of benzene rings is 3. The van der Waals surface area contributed by atoms with Crippen LogP contribution in [0.2, 0.25) is 5.02 Å². The van der Waals surface area contributed by atoms with E-state index in [1.165, 1.54) is 30.3 Å². The van der Waals surface area contributed by atoms with E-state index in [9.17, 15) is 14.4 Å². The molecule has 1 N–H and O–H groups in total. The lowest BCUT2D eigenvalue weighted by Crippen LogP contribution is -2.20. The van der Waals surface area contributed by atoms with Crippen molar-refractivity contribution in [3.05, 3.63) is 88.9 Å². The minimum Gasteiger partial charge on any atom is -0.497 e. The van der Waals surface area contributed by atoms with Crippen molar-refractivity contribution in [2.75, 3.05) is 25.6 Å². The molecular formula is C24H20ClNO6. The van der Waals surface area contributed by atoms with Crippen molar-refractivity contribution in [3.8, 4) is 11.5 Å². The van der Waals surface area contributed by atoms with Gasteiger partial charge < -0.3 is 19.5 Å². The number of ketones is 1. The average molecular weight is 454 g/mol. The average Bonchev–Trinajstić information content (AvgIpc) is 2.81. The highest BCUT2D eigenvalue weighted by atomic mass is 35.5. The van der Waals surface area contributed by atoms with Gasteiger partial charge in [0.2, 0.25) is 0 Å². The van der Waals surface area contributed by atoms with Gasteiger partial charge in [-0.1, -0.05) is 29.8 Å². The van der Waals surface area contributed by atoms with Crippen molar-refractivity contribution in [3.63, 3.8) is 0 Å². The summed E-state index contributed by atoms with van der Waals surface area (Å²) < 4.78 is 15.6. The van der Waals surface area contributed by atoms with Gasteiger partial charge in [0, 0.05) is 22.3 Å². The highest BCUT2D eigenvalue weighted by Crippen LogP contribution is 2.17. The van der Waals surface area contributed by atoms with E-state index < -0.39 is 12.6 Å². The second-order valence-electron chi connectivity index (χ2n) is 6.60. The summed E-state index contributed by atoms with van der Waals surface area (Å²) in [4.78, 5) is 36.3. The standard InChI is InChI=1S/C24H20ClNO6/c1-30-21-7-3-6-19(13-21)26-23(28)15-31-20-10-8-16(9-11-20)24(29)32-14-22(27)17-4-2-5-18(25)12-17/h2-13H,14-15H2,1H3,(H,26,28). The van der Waals surface area contributed by atoms with E-state index in [-0.39, 0.29) is 23.9 Å². The van der Waals surface area contributed by atoms with Crippen LogP contribution in [0.3, 0.4) is 0 Å². The summed E-state index contributed by atoms with van der Waals surface area (Å²) in [5, 5.41) is 3.13. The fraction of sp³-hybridized carbons (Fsp3) is 0.125. The third-order valence-electron chi connectivity index (χ3n) is 4.29. The number of carbonyl (C=O) groups is 3. The molecule has 0 fully saturated rings. The normalized spacial score (nSPS) is 10.2. The molecule has 1 amide bonds. The summed E-state index contributed by atoms with van der Waals surface area (Å²) in [6, 6.07) is 19.4. The van der Waals surface area contributed by atoms with Gasteiger partial charge in [-0.15, -0.1) is 0 Å². The molecule has 0 saturated carbocycles. The molecule has 0 aliphatic carbocycles. The van der Waals surface area contributed by atoms with Crippen LogP contribution in [0.5, 0.6) is 11.5 Å². The second kappa shape index (κ2) is 11.0. The van der Waals surface area contributed by atoms with E-state index in [2.05, 4.69) is 5.32 Å². The van der Waals surface area contributed by atoms with Gasteiger partial charge >= 0.3 is 5.97 Å². The highest BCUT2D eigenvalue weighted by molar-refractivity contribution is 6.31. The zero-order chi connectivity index (χ0) is 22.9. The van der Waals surface area contributed by atoms with Gasteiger partial charge in [0.25, 0.3) is 5.91 Å². The molecule has 0 aliphatic heterocycles. The van der Waals surface area contributed by atoms with Gasteiger partial charge in [-0.05, 0) is 48.5 Å². The molecule has 0 saturated heterocycles. The number of amides is 1. The smallest absolute Gasteiger partial charge is 0.338 e. The summed E-state index contributed by atoms with van der Waals surface area (Å²) >= 11 is 5.86. The zero-order valence-electron chi connectivity index (χ0n) is 17.2. The van der Waals surface area contributed by atoms with Crippen LogP contribution in [0.15, 0.2) is 72.8 Å². The van der Waals surface area contributed by atoms with Crippen LogP contribution < -0.4 is 14.8 Å². The van der Waals surface area contributed by atoms with Crippen molar-refractivity contribution in [1.82, 2.24) is 0 Å². The molecule has 0 spiro atoms. The summed E-state index contributed by atoms with van der Waals surface area (Å²) in [7, 11) is 1.54. The maximum Gasteiger partial charge on any atom is 0.338 e. The van der Waals surface area contributed by atoms with Crippen LogP contribution in [-0.4, -0.2) is 38.0 Å². The lowest BCUT2D eigenvalue weighted by atomic mass is 10.1. The van der Waals surface area contributed by atoms with Crippen LogP contribution in [0.1, 0.15) is 20.7 Å². The first-order chi connectivity index (χ1) is 15.4. The molecule has 0 heterocycles. The van der Waals surface area contributed by atoms with Crippen molar-refractivity contribution >= 4 is 34.9 Å². The Labute approximate surface area is 189 Å². The molecular weight excluding hydrogens is 434 g/mol. The van der Waals surface area contributed by atoms with Crippen LogP contribution in [0.25, 0.3) is 0 Å². The number of hydrogen-bond donors (Lipinski definition) is 1. The van der Waals surface area contributed by atoms with Crippen LogP contribution in [-0.2, 0) is 9.53 Å².